The fourth-order valence-corrected chi connectivity index (χ4v) is 2.68. The molecule has 2 fully saturated rings. The van der Waals surface area contributed by atoms with Crippen molar-refractivity contribution in [3.05, 3.63) is 0 Å². The number of nitrogens with one attached hydrogen (secondary N) is 1. The molecule has 0 amide bonds. The van der Waals surface area contributed by atoms with Gasteiger partial charge in [-0.05, 0) is 45.1 Å². The first-order valence-corrected chi connectivity index (χ1v) is 6.20. The quantitative estimate of drug-likeness (QED) is 0.747. The van der Waals surface area contributed by atoms with E-state index in [2.05, 4.69) is 12.2 Å². The molecule has 0 aromatic carbocycles. The Bertz CT molecular complexity index is 169. The van der Waals surface area contributed by atoms with E-state index < -0.39 is 0 Å². The lowest BCUT2D eigenvalue weighted by molar-refractivity contribution is 0.0621. The molecule has 1 aliphatic heterocycles. The zero-order valence-electron chi connectivity index (χ0n) is 9.35. The third-order valence-corrected chi connectivity index (χ3v) is 3.70. The second-order valence-corrected chi connectivity index (χ2v) is 4.80. The van der Waals surface area contributed by atoms with Crippen LogP contribution in [0.4, 0.5) is 0 Å². The maximum absolute atomic E-state index is 5.67. The number of hydrogen-bond acceptors (Lipinski definition) is 2. The molecule has 2 heteroatoms. The number of hydrogen-bond donors (Lipinski definition) is 1. The first-order chi connectivity index (χ1) is 6.87. The van der Waals surface area contributed by atoms with Gasteiger partial charge in [0.05, 0.1) is 6.61 Å². The lowest BCUT2D eigenvalue weighted by atomic mass is 9.89. The molecule has 2 rings (SSSR count). The van der Waals surface area contributed by atoms with Gasteiger partial charge in [0.15, 0.2) is 0 Å². The normalized spacial score (nSPS) is 34.1. The summed E-state index contributed by atoms with van der Waals surface area (Å²) in [7, 11) is 0. The van der Waals surface area contributed by atoms with E-state index in [1.807, 2.05) is 0 Å². The molecule has 1 aliphatic carbocycles. The molecule has 0 aromatic heterocycles. The van der Waals surface area contributed by atoms with E-state index in [4.69, 9.17) is 4.74 Å². The van der Waals surface area contributed by atoms with Gasteiger partial charge in [-0.3, -0.25) is 0 Å². The molecule has 1 atom stereocenters. The molecule has 1 unspecified atom stereocenters. The Balaban J connectivity index is 1.95. The summed E-state index contributed by atoms with van der Waals surface area (Å²) < 4.78 is 5.67. The highest BCUT2D eigenvalue weighted by Crippen LogP contribution is 2.43. The SMILES string of the molecule is CCOCC1(C2CC2)CCCCCN1. The molecule has 2 aliphatic rings. The summed E-state index contributed by atoms with van der Waals surface area (Å²) in [6, 6.07) is 0. The van der Waals surface area contributed by atoms with Crippen molar-refractivity contribution in [2.24, 2.45) is 5.92 Å². The van der Waals surface area contributed by atoms with Gasteiger partial charge in [0.1, 0.15) is 0 Å². The predicted octanol–water partition coefficient (Wildman–Crippen LogP) is 2.34. The van der Waals surface area contributed by atoms with Crippen LogP contribution in [0.2, 0.25) is 0 Å². The zero-order valence-corrected chi connectivity index (χ0v) is 9.35. The van der Waals surface area contributed by atoms with Gasteiger partial charge < -0.3 is 10.1 Å². The van der Waals surface area contributed by atoms with Gasteiger partial charge >= 0.3 is 0 Å². The molecule has 0 aromatic rings. The summed E-state index contributed by atoms with van der Waals surface area (Å²) >= 11 is 0. The summed E-state index contributed by atoms with van der Waals surface area (Å²) in [5, 5.41) is 3.77. The molecule has 0 radical (unpaired) electrons. The maximum atomic E-state index is 5.67. The Kier molecular flexibility index (Phi) is 3.45. The van der Waals surface area contributed by atoms with Crippen LogP contribution in [-0.4, -0.2) is 25.3 Å². The zero-order chi connectivity index (χ0) is 9.86. The molecule has 1 saturated heterocycles. The lowest BCUT2D eigenvalue weighted by Crippen LogP contribution is -2.50. The van der Waals surface area contributed by atoms with Crippen LogP contribution < -0.4 is 5.32 Å². The van der Waals surface area contributed by atoms with Crippen molar-refractivity contribution in [2.45, 2.75) is 51.0 Å². The van der Waals surface area contributed by atoms with Crippen LogP contribution in [-0.2, 0) is 4.74 Å². The van der Waals surface area contributed by atoms with Crippen molar-refractivity contribution in [3.8, 4) is 0 Å². The molecule has 1 N–H and O–H groups in total. The predicted molar refractivity (Wildman–Crippen MR) is 58.4 cm³/mol. The summed E-state index contributed by atoms with van der Waals surface area (Å²) in [5.74, 6) is 0.909. The average Bonchev–Trinajstić information content (AvgIpc) is 3.01. The fourth-order valence-electron chi connectivity index (χ4n) is 2.68. The van der Waals surface area contributed by atoms with Crippen LogP contribution in [0, 0.1) is 5.92 Å². The first-order valence-electron chi connectivity index (χ1n) is 6.20. The summed E-state index contributed by atoms with van der Waals surface area (Å²) in [6.45, 7) is 5.09. The minimum Gasteiger partial charge on any atom is -0.380 e. The third kappa shape index (κ3) is 2.29. The molecule has 0 spiro atoms. The van der Waals surface area contributed by atoms with Crippen molar-refractivity contribution in [3.63, 3.8) is 0 Å². The van der Waals surface area contributed by atoms with Crippen LogP contribution in [0.3, 0.4) is 0 Å². The minimum absolute atomic E-state index is 0.354. The van der Waals surface area contributed by atoms with Crippen LogP contribution in [0.1, 0.15) is 45.4 Å². The van der Waals surface area contributed by atoms with Crippen molar-refractivity contribution in [2.75, 3.05) is 19.8 Å². The van der Waals surface area contributed by atoms with Gasteiger partial charge in [0.2, 0.25) is 0 Å². The van der Waals surface area contributed by atoms with Crippen molar-refractivity contribution < 1.29 is 4.74 Å². The Morgan fingerprint density at radius 3 is 2.86 bits per heavy atom. The topological polar surface area (TPSA) is 21.3 Å². The number of ether oxygens (including phenoxy) is 1. The third-order valence-electron chi connectivity index (χ3n) is 3.70. The van der Waals surface area contributed by atoms with Gasteiger partial charge in [-0.25, -0.2) is 0 Å². The van der Waals surface area contributed by atoms with Gasteiger partial charge in [0, 0.05) is 12.1 Å². The molecule has 1 saturated carbocycles. The first kappa shape index (κ1) is 10.4. The highest BCUT2D eigenvalue weighted by atomic mass is 16.5. The van der Waals surface area contributed by atoms with E-state index in [0.29, 0.717) is 5.54 Å². The van der Waals surface area contributed by atoms with Crippen molar-refractivity contribution in [1.29, 1.82) is 0 Å². The van der Waals surface area contributed by atoms with E-state index in [1.54, 1.807) is 0 Å². The standard InChI is InChI=1S/C12H23NO/c1-2-14-10-12(11-6-7-11)8-4-3-5-9-13-12/h11,13H,2-10H2,1H3. The molecule has 1 heterocycles. The van der Waals surface area contributed by atoms with E-state index in [0.717, 1.165) is 19.1 Å². The second-order valence-electron chi connectivity index (χ2n) is 4.80. The fraction of sp³-hybridized carbons (Fsp3) is 1.00. The van der Waals surface area contributed by atoms with Gasteiger partial charge in [0.25, 0.3) is 0 Å². The van der Waals surface area contributed by atoms with Gasteiger partial charge in [-0.2, -0.15) is 0 Å². The van der Waals surface area contributed by atoms with E-state index in [-0.39, 0.29) is 0 Å². The van der Waals surface area contributed by atoms with Crippen molar-refractivity contribution >= 4 is 0 Å². The summed E-state index contributed by atoms with van der Waals surface area (Å²) in [5.41, 5.74) is 0.354. The second kappa shape index (κ2) is 4.63. The molecular formula is C12H23NO. The monoisotopic (exact) mass is 197 g/mol. The largest absolute Gasteiger partial charge is 0.380 e. The van der Waals surface area contributed by atoms with Crippen LogP contribution in [0.25, 0.3) is 0 Å². The highest BCUT2D eigenvalue weighted by molar-refractivity contribution is 5.01. The Labute approximate surface area is 87.4 Å². The molecule has 0 bridgehead atoms. The molecular weight excluding hydrogens is 174 g/mol. The van der Waals surface area contributed by atoms with Crippen molar-refractivity contribution in [1.82, 2.24) is 5.32 Å². The van der Waals surface area contributed by atoms with Crippen LogP contribution in [0.15, 0.2) is 0 Å². The Morgan fingerprint density at radius 2 is 2.14 bits per heavy atom. The van der Waals surface area contributed by atoms with Gasteiger partial charge in [-0.1, -0.05) is 12.8 Å². The minimum atomic E-state index is 0.354. The average molecular weight is 197 g/mol. The maximum Gasteiger partial charge on any atom is 0.0650 e. The Morgan fingerprint density at radius 1 is 1.29 bits per heavy atom. The van der Waals surface area contributed by atoms with E-state index in [9.17, 15) is 0 Å². The smallest absolute Gasteiger partial charge is 0.0650 e. The van der Waals surface area contributed by atoms with E-state index >= 15 is 0 Å². The lowest BCUT2D eigenvalue weighted by Gasteiger charge is -2.33. The highest BCUT2D eigenvalue weighted by Gasteiger charge is 2.44. The van der Waals surface area contributed by atoms with Gasteiger partial charge in [-0.15, -0.1) is 0 Å². The molecule has 2 nitrogen and oxygen atoms in total. The number of rotatable bonds is 4. The van der Waals surface area contributed by atoms with Crippen LogP contribution in [0.5, 0.6) is 0 Å². The van der Waals surface area contributed by atoms with E-state index in [1.165, 1.54) is 45.1 Å². The summed E-state index contributed by atoms with van der Waals surface area (Å²) in [6.07, 6.45) is 8.29. The summed E-state index contributed by atoms with van der Waals surface area (Å²) in [4.78, 5) is 0. The Hall–Kier alpha value is -0.0800. The molecule has 82 valence electrons. The van der Waals surface area contributed by atoms with Crippen LogP contribution >= 0.6 is 0 Å². The molecule has 14 heavy (non-hydrogen) atoms.